The molecule has 1 fully saturated rings. The number of hydrogen-bond acceptors (Lipinski definition) is 4. The van der Waals surface area contributed by atoms with Crippen molar-refractivity contribution in [3.05, 3.63) is 35.4 Å². The van der Waals surface area contributed by atoms with Gasteiger partial charge in [-0.15, -0.1) is 0 Å². The Kier molecular flexibility index (Phi) is 5.17. The fraction of sp³-hybridized carbons (Fsp3) is 0.588. The van der Waals surface area contributed by atoms with Gasteiger partial charge in [0.15, 0.2) is 0 Å². The largest absolute Gasteiger partial charge is 0.339 e. The minimum atomic E-state index is -0.862. The van der Waals surface area contributed by atoms with Crippen molar-refractivity contribution in [1.29, 1.82) is 0 Å². The maximum absolute atomic E-state index is 14.0. The zero-order valence-corrected chi connectivity index (χ0v) is 14.9. The number of aromatic nitrogens is 4. The summed E-state index contributed by atoms with van der Waals surface area (Å²) in [6, 6.07) is 3.70. The Morgan fingerprint density at radius 1 is 1.52 bits per heavy atom. The van der Waals surface area contributed by atoms with Gasteiger partial charge in [0.1, 0.15) is 11.9 Å². The van der Waals surface area contributed by atoms with Crippen molar-refractivity contribution in [1.82, 2.24) is 29.8 Å². The molecule has 2 aromatic rings. The van der Waals surface area contributed by atoms with Crippen LogP contribution in [0.15, 0.2) is 18.3 Å². The molecule has 25 heavy (non-hydrogen) atoms. The van der Waals surface area contributed by atoms with E-state index in [4.69, 9.17) is 0 Å². The molecule has 2 atom stereocenters. The van der Waals surface area contributed by atoms with Crippen LogP contribution in [0.25, 0.3) is 0 Å². The highest BCUT2D eigenvalue weighted by Gasteiger charge is 2.34. The van der Waals surface area contributed by atoms with Gasteiger partial charge in [-0.25, -0.2) is 4.39 Å². The quantitative estimate of drug-likeness (QED) is 0.856. The monoisotopic (exact) mass is 348 g/mol. The lowest BCUT2D eigenvalue weighted by Gasteiger charge is -2.28. The first-order chi connectivity index (χ1) is 12.0. The number of nitrogens with one attached hydrogen (secondary N) is 1. The normalized spacial score (nSPS) is 21.0. The summed E-state index contributed by atoms with van der Waals surface area (Å²) in [7, 11) is 3.63. The molecule has 0 radical (unpaired) electrons. The van der Waals surface area contributed by atoms with Crippen LogP contribution in [-0.4, -0.2) is 68.0 Å². The summed E-state index contributed by atoms with van der Waals surface area (Å²) in [4.78, 5) is 16.3. The van der Waals surface area contributed by atoms with E-state index in [9.17, 15) is 9.18 Å². The van der Waals surface area contributed by atoms with Gasteiger partial charge in [-0.1, -0.05) is 6.92 Å². The molecule has 0 aliphatic carbocycles. The summed E-state index contributed by atoms with van der Waals surface area (Å²) in [6.07, 6.45) is 2.12. The number of amides is 1. The van der Waals surface area contributed by atoms with Gasteiger partial charge in [0, 0.05) is 51.7 Å². The molecule has 1 N–H and O–H groups in total. The lowest BCUT2D eigenvalue weighted by atomic mass is 10.2. The number of likely N-dealkylation sites (tertiary alicyclic amines) is 1. The Morgan fingerprint density at radius 3 is 2.96 bits per heavy atom. The molecule has 136 valence electrons. The Bertz CT molecular complexity index is 726. The van der Waals surface area contributed by atoms with Crippen molar-refractivity contribution in [2.45, 2.75) is 38.5 Å². The van der Waals surface area contributed by atoms with Crippen molar-refractivity contribution in [3.8, 4) is 0 Å². The number of alkyl halides is 1. The second-order valence-corrected chi connectivity index (χ2v) is 6.68. The average molecular weight is 348 g/mol. The minimum Gasteiger partial charge on any atom is -0.339 e. The molecule has 1 aliphatic heterocycles. The van der Waals surface area contributed by atoms with E-state index in [0.29, 0.717) is 31.7 Å². The number of aryl methyl sites for hydroxylation is 2. The van der Waals surface area contributed by atoms with Gasteiger partial charge in [0.2, 0.25) is 0 Å². The van der Waals surface area contributed by atoms with Crippen molar-refractivity contribution >= 4 is 5.91 Å². The third-order valence-corrected chi connectivity index (χ3v) is 4.83. The Morgan fingerprint density at radius 2 is 2.32 bits per heavy atom. The number of nitrogens with zero attached hydrogens (tertiary/aromatic N) is 5. The number of likely N-dealkylation sites (N-methyl/N-ethyl adjacent to an activating group) is 1. The zero-order valence-electron chi connectivity index (χ0n) is 14.9. The van der Waals surface area contributed by atoms with Crippen LogP contribution >= 0.6 is 0 Å². The number of halogens is 1. The number of carbonyl (C=O) groups is 1. The topological polar surface area (TPSA) is 70.1 Å². The van der Waals surface area contributed by atoms with Crippen LogP contribution in [0, 0.1) is 0 Å². The van der Waals surface area contributed by atoms with Crippen LogP contribution in [0.2, 0.25) is 0 Å². The summed E-state index contributed by atoms with van der Waals surface area (Å²) in [5.41, 5.74) is 2.37. The lowest BCUT2D eigenvalue weighted by molar-refractivity contribution is 0.0743. The Labute approximate surface area is 146 Å². The Balaban J connectivity index is 1.64. The van der Waals surface area contributed by atoms with Crippen LogP contribution in [0.5, 0.6) is 0 Å². The molecule has 1 amide bonds. The predicted octanol–water partition coefficient (Wildman–Crippen LogP) is 1.39. The zero-order chi connectivity index (χ0) is 18.0. The lowest BCUT2D eigenvalue weighted by Crippen LogP contribution is -2.41. The third-order valence-electron chi connectivity index (χ3n) is 4.83. The van der Waals surface area contributed by atoms with Gasteiger partial charge in [-0.2, -0.15) is 10.2 Å². The SMILES string of the molecule is CCc1cc(C(=O)N(C)C[C@@H]2C[C@H](F)CN2Cc2ccnn2C)n[nH]1. The first-order valence-corrected chi connectivity index (χ1v) is 8.62. The molecule has 0 unspecified atom stereocenters. The maximum Gasteiger partial charge on any atom is 0.274 e. The van der Waals surface area contributed by atoms with Crippen molar-refractivity contribution < 1.29 is 9.18 Å². The number of carbonyl (C=O) groups excluding carboxylic acids is 1. The highest BCUT2D eigenvalue weighted by Crippen LogP contribution is 2.23. The van der Waals surface area contributed by atoms with Crippen molar-refractivity contribution in [2.75, 3.05) is 20.1 Å². The molecule has 0 saturated carbocycles. The molecule has 1 aliphatic rings. The number of rotatable bonds is 6. The van der Waals surface area contributed by atoms with E-state index < -0.39 is 6.17 Å². The van der Waals surface area contributed by atoms with Crippen LogP contribution in [0.3, 0.4) is 0 Å². The molecule has 0 spiro atoms. The highest BCUT2D eigenvalue weighted by atomic mass is 19.1. The molecule has 1 saturated heterocycles. The van der Waals surface area contributed by atoms with Crippen LogP contribution in [-0.2, 0) is 20.0 Å². The van der Waals surface area contributed by atoms with E-state index in [1.807, 2.05) is 20.0 Å². The minimum absolute atomic E-state index is 0.0107. The number of hydrogen-bond donors (Lipinski definition) is 1. The molecular weight excluding hydrogens is 323 g/mol. The standard InChI is InChI=1S/C17H25FN6O/c1-4-13-8-16(21-20-13)17(25)22(2)10-15-7-12(18)9-24(15)11-14-5-6-19-23(14)3/h5-6,8,12,15H,4,7,9-11H2,1-3H3,(H,20,21)/t12-,15-/m0/s1. The van der Waals surface area contributed by atoms with Gasteiger partial charge in [-0.3, -0.25) is 19.5 Å². The van der Waals surface area contributed by atoms with Gasteiger partial charge in [0.05, 0.1) is 5.69 Å². The molecule has 0 bridgehead atoms. The van der Waals surface area contributed by atoms with E-state index in [2.05, 4.69) is 20.2 Å². The van der Waals surface area contributed by atoms with Gasteiger partial charge in [-0.05, 0) is 25.0 Å². The van der Waals surface area contributed by atoms with Crippen molar-refractivity contribution in [3.63, 3.8) is 0 Å². The summed E-state index contributed by atoms with van der Waals surface area (Å²) >= 11 is 0. The van der Waals surface area contributed by atoms with E-state index >= 15 is 0 Å². The number of aromatic amines is 1. The average Bonchev–Trinajstić information content (AvgIpc) is 3.29. The maximum atomic E-state index is 14.0. The van der Waals surface area contributed by atoms with E-state index in [0.717, 1.165) is 17.8 Å². The Hall–Kier alpha value is -2.22. The molecular formula is C17H25FN6O. The molecule has 8 heteroatoms. The fourth-order valence-corrected chi connectivity index (χ4v) is 3.32. The van der Waals surface area contributed by atoms with Crippen molar-refractivity contribution in [2.24, 2.45) is 7.05 Å². The van der Waals surface area contributed by atoms with E-state index in [-0.39, 0.29) is 11.9 Å². The first-order valence-electron chi connectivity index (χ1n) is 8.62. The van der Waals surface area contributed by atoms with Crippen LogP contribution < -0.4 is 0 Å². The molecule has 0 aromatic carbocycles. The summed E-state index contributed by atoms with van der Waals surface area (Å²) < 4.78 is 15.8. The van der Waals surface area contributed by atoms with Crippen LogP contribution in [0.1, 0.15) is 35.2 Å². The van der Waals surface area contributed by atoms with Crippen LogP contribution in [0.4, 0.5) is 4.39 Å². The second-order valence-electron chi connectivity index (χ2n) is 6.68. The molecule has 3 heterocycles. The fourth-order valence-electron chi connectivity index (χ4n) is 3.32. The van der Waals surface area contributed by atoms with E-state index in [1.165, 1.54) is 0 Å². The third kappa shape index (κ3) is 3.89. The molecule has 3 rings (SSSR count). The first kappa shape index (κ1) is 17.6. The predicted molar refractivity (Wildman–Crippen MR) is 91.8 cm³/mol. The number of H-pyrrole nitrogens is 1. The van der Waals surface area contributed by atoms with Gasteiger partial charge >= 0.3 is 0 Å². The van der Waals surface area contributed by atoms with Gasteiger partial charge in [0.25, 0.3) is 5.91 Å². The van der Waals surface area contributed by atoms with Gasteiger partial charge < -0.3 is 4.90 Å². The smallest absolute Gasteiger partial charge is 0.274 e. The molecule has 2 aromatic heterocycles. The summed E-state index contributed by atoms with van der Waals surface area (Å²) in [5, 5.41) is 11.1. The highest BCUT2D eigenvalue weighted by molar-refractivity contribution is 5.92. The second kappa shape index (κ2) is 7.35. The van der Waals surface area contributed by atoms with E-state index in [1.54, 1.807) is 28.9 Å². The summed E-state index contributed by atoms with van der Waals surface area (Å²) in [6.45, 7) is 3.50. The summed E-state index contributed by atoms with van der Waals surface area (Å²) in [5.74, 6) is -0.140. The molecule has 7 nitrogen and oxygen atoms in total.